The summed E-state index contributed by atoms with van der Waals surface area (Å²) in [4.78, 5) is 14.7. The van der Waals surface area contributed by atoms with E-state index in [0.29, 0.717) is 12.1 Å². The van der Waals surface area contributed by atoms with Crippen LogP contribution in [0.1, 0.15) is 15.9 Å². The second-order valence-electron chi connectivity index (χ2n) is 3.63. The van der Waals surface area contributed by atoms with E-state index in [9.17, 15) is 4.79 Å². The van der Waals surface area contributed by atoms with Crippen LogP contribution in [0, 0.1) is 0 Å². The maximum Gasteiger partial charge on any atom is 0.251 e. The van der Waals surface area contributed by atoms with Crippen molar-refractivity contribution in [3.63, 3.8) is 0 Å². The molecule has 0 unspecified atom stereocenters. The Morgan fingerprint density at radius 2 is 2.06 bits per heavy atom. The summed E-state index contributed by atoms with van der Waals surface area (Å²) in [6.07, 6.45) is 3.68. The minimum Gasteiger partial charge on any atom is -0.497 e. The lowest BCUT2D eigenvalue weighted by atomic mass is 10.2. The molecule has 0 radical (unpaired) electrons. The molecule has 0 aliphatic rings. The van der Waals surface area contributed by atoms with Gasteiger partial charge in [-0.2, -0.15) is 0 Å². The van der Waals surface area contributed by atoms with Crippen molar-refractivity contribution in [2.45, 2.75) is 6.54 Å². The second kappa shape index (κ2) is 5.21. The van der Waals surface area contributed by atoms with Gasteiger partial charge in [0.15, 0.2) is 0 Å². The van der Waals surface area contributed by atoms with Crippen LogP contribution in [0.3, 0.4) is 0 Å². The van der Waals surface area contributed by atoms with Crippen LogP contribution < -0.4 is 10.1 Å². The molecule has 0 spiro atoms. The molecule has 0 fully saturated rings. The van der Waals surface area contributed by atoms with Gasteiger partial charge in [-0.3, -0.25) is 4.79 Å². The van der Waals surface area contributed by atoms with E-state index in [2.05, 4.69) is 10.3 Å². The lowest BCUT2D eigenvalue weighted by Gasteiger charge is -2.04. The average molecular weight is 230 g/mol. The largest absolute Gasteiger partial charge is 0.497 e. The predicted molar refractivity (Wildman–Crippen MR) is 65.0 cm³/mol. The van der Waals surface area contributed by atoms with Gasteiger partial charge in [-0.25, -0.2) is 0 Å². The molecule has 1 aromatic heterocycles. The fourth-order valence-electron chi connectivity index (χ4n) is 1.50. The molecule has 0 atom stereocenters. The van der Waals surface area contributed by atoms with Crippen LogP contribution in [-0.2, 0) is 6.54 Å². The Hall–Kier alpha value is -2.23. The molecule has 2 rings (SSSR count). The van der Waals surface area contributed by atoms with E-state index in [1.54, 1.807) is 31.4 Å². The quantitative estimate of drug-likeness (QED) is 0.843. The molecule has 4 heteroatoms. The first-order valence-electron chi connectivity index (χ1n) is 5.33. The number of hydrogen-bond donors (Lipinski definition) is 2. The predicted octanol–water partition coefficient (Wildman–Crippen LogP) is 1.95. The first kappa shape index (κ1) is 11.3. The smallest absolute Gasteiger partial charge is 0.251 e. The molecular weight excluding hydrogens is 216 g/mol. The second-order valence-corrected chi connectivity index (χ2v) is 3.63. The number of hydrogen-bond acceptors (Lipinski definition) is 2. The van der Waals surface area contributed by atoms with Crippen LogP contribution in [-0.4, -0.2) is 18.0 Å². The first-order chi connectivity index (χ1) is 8.29. The summed E-state index contributed by atoms with van der Waals surface area (Å²) in [6, 6.07) is 8.95. The number of ether oxygens (including phenoxy) is 1. The van der Waals surface area contributed by atoms with Crippen LogP contribution in [0.4, 0.5) is 0 Å². The van der Waals surface area contributed by atoms with E-state index in [-0.39, 0.29) is 5.91 Å². The van der Waals surface area contributed by atoms with Gasteiger partial charge in [-0.1, -0.05) is 0 Å². The van der Waals surface area contributed by atoms with Crippen molar-refractivity contribution >= 4 is 5.91 Å². The monoisotopic (exact) mass is 230 g/mol. The Morgan fingerprint density at radius 3 is 2.65 bits per heavy atom. The molecule has 1 amide bonds. The number of methoxy groups -OCH3 is 1. The molecule has 17 heavy (non-hydrogen) atoms. The van der Waals surface area contributed by atoms with Gasteiger partial charge in [0, 0.05) is 24.5 Å². The molecule has 0 bridgehead atoms. The lowest BCUT2D eigenvalue weighted by molar-refractivity contribution is 0.0951. The van der Waals surface area contributed by atoms with Gasteiger partial charge in [0.05, 0.1) is 7.11 Å². The minimum atomic E-state index is -0.0890. The normalized spacial score (nSPS) is 9.94. The average Bonchev–Trinajstić information content (AvgIpc) is 2.89. The zero-order valence-electron chi connectivity index (χ0n) is 9.57. The Morgan fingerprint density at radius 1 is 1.29 bits per heavy atom. The highest BCUT2D eigenvalue weighted by Gasteiger charge is 2.05. The minimum absolute atomic E-state index is 0.0890. The molecule has 88 valence electrons. The Labute approximate surface area is 99.6 Å². The van der Waals surface area contributed by atoms with Crippen molar-refractivity contribution < 1.29 is 9.53 Å². The molecular formula is C13H14N2O2. The highest BCUT2D eigenvalue weighted by Crippen LogP contribution is 2.11. The van der Waals surface area contributed by atoms with Crippen molar-refractivity contribution in [2.24, 2.45) is 0 Å². The van der Waals surface area contributed by atoms with Crippen LogP contribution >= 0.6 is 0 Å². The number of carbonyl (C=O) groups excluding carboxylic acids is 1. The van der Waals surface area contributed by atoms with E-state index in [0.717, 1.165) is 11.3 Å². The summed E-state index contributed by atoms with van der Waals surface area (Å²) >= 11 is 0. The van der Waals surface area contributed by atoms with Crippen LogP contribution in [0.15, 0.2) is 42.7 Å². The molecule has 4 nitrogen and oxygen atoms in total. The van der Waals surface area contributed by atoms with Crippen LogP contribution in [0.2, 0.25) is 0 Å². The van der Waals surface area contributed by atoms with Gasteiger partial charge in [0.1, 0.15) is 5.75 Å². The molecule has 2 aromatic rings. The number of H-pyrrole nitrogens is 1. The van der Waals surface area contributed by atoms with Crippen molar-refractivity contribution in [1.29, 1.82) is 0 Å². The maximum absolute atomic E-state index is 11.8. The fraction of sp³-hybridized carbons (Fsp3) is 0.154. The van der Waals surface area contributed by atoms with E-state index < -0.39 is 0 Å². The van der Waals surface area contributed by atoms with Crippen molar-refractivity contribution in [3.8, 4) is 5.75 Å². The molecule has 1 heterocycles. The van der Waals surface area contributed by atoms with Crippen molar-refractivity contribution in [2.75, 3.05) is 7.11 Å². The number of aromatic amines is 1. The van der Waals surface area contributed by atoms with E-state index in [1.165, 1.54) is 0 Å². The molecule has 0 aliphatic heterocycles. The number of rotatable bonds is 4. The number of benzene rings is 1. The topological polar surface area (TPSA) is 54.1 Å². The lowest BCUT2D eigenvalue weighted by Crippen LogP contribution is -2.22. The number of nitrogens with one attached hydrogen (secondary N) is 2. The number of amides is 1. The Bertz CT molecular complexity index is 475. The van der Waals surface area contributed by atoms with Crippen molar-refractivity contribution in [1.82, 2.24) is 10.3 Å². The Kier molecular flexibility index (Phi) is 3.45. The summed E-state index contributed by atoms with van der Waals surface area (Å²) in [7, 11) is 1.60. The standard InChI is InChI=1S/C13H14N2O2/c1-17-12-4-2-11(3-5-12)13(16)15-9-10-6-7-14-8-10/h2-8,14H,9H2,1H3,(H,15,16). The summed E-state index contributed by atoms with van der Waals surface area (Å²) < 4.78 is 5.03. The number of carbonyl (C=O) groups is 1. The maximum atomic E-state index is 11.8. The number of aromatic nitrogens is 1. The van der Waals surface area contributed by atoms with E-state index in [4.69, 9.17) is 4.74 Å². The zero-order chi connectivity index (χ0) is 12.1. The highest BCUT2D eigenvalue weighted by molar-refractivity contribution is 5.94. The molecule has 0 saturated heterocycles. The van der Waals surface area contributed by atoms with Crippen molar-refractivity contribution in [3.05, 3.63) is 53.9 Å². The van der Waals surface area contributed by atoms with Gasteiger partial charge in [-0.15, -0.1) is 0 Å². The zero-order valence-corrected chi connectivity index (χ0v) is 9.57. The third kappa shape index (κ3) is 2.87. The van der Waals surface area contributed by atoms with Gasteiger partial charge in [0.2, 0.25) is 0 Å². The van der Waals surface area contributed by atoms with Gasteiger partial charge >= 0.3 is 0 Å². The van der Waals surface area contributed by atoms with Gasteiger partial charge in [0.25, 0.3) is 5.91 Å². The summed E-state index contributed by atoms with van der Waals surface area (Å²) in [5.41, 5.74) is 1.67. The third-order valence-corrected chi connectivity index (χ3v) is 2.47. The van der Waals surface area contributed by atoms with E-state index in [1.807, 2.05) is 18.5 Å². The first-order valence-corrected chi connectivity index (χ1v) is 5.33. The van der Waals surface area contributed by atoms with Crippen LogP contribution in [0.5, 0.6) is 5.75 Å². The molecule has 1 aromatic carbocycles. The molecule has 0 aliphatic carbocycles. The van der Waals surface area contributed by atoms with Crippen LogP contribution in [0.25, 0.3) is 0 Å². The third-order valence-electron chi connectivity index (χ3n) is 2.47. The summed E-state index contributed by atoms with van der Waals surface area (Å²) in [5, 5.41) is 2.84. The molecule has 2 N–H and O–H groups in total. The SMILES string of the molecule is COc1ccc(C(=O)NCc2cc[nH]c2)cc1. The Balaban J connectivity index is 1.95. The molecule has 0 saturated carbocycles. The fourth-order valence-corrected chi connectivity index (χ4v) is 1.50. The summed E-state index contributed by atoms with van der Waals surface area (Å²) in [6.45, 7) is 0.522. The highest BCUT2D eigenvalue weighted by atomic mass is 16.5. The van der Waals surface area contributed by atoms with E-state index >= 15 is 0 Å². The summed E-state index contributed by atoms with van der Waals surface area (Å²) in [5.74, 6) is 0.654. The van der Waals surface area contributed by atoms with Gasteiger partial charge in [-0.05, 0) is 35.9 Å². The van der Waals surface area contributed by atoms with Gasteiger partial charge < -0.3 is 15.0 Å².